The molecule has 2 aromatic heterocycles. The first-order valence-electron chi connectivity index (χ1n) is 9.50. The number of benzene rings is 1. The van der Waals surface area contributed by atoms with E-state index in [1.54, 1.807) is 55.3 Å². The van der Waals surface area contributed by atoms with Crippen LogP contribution in [0.1, 0.15) is 22.5 Å². The summed E-state index contributed by atoms with van der Waals surface area (Å²) < 4.78 is 1.63. The first-order valence-corrected chi connectivity index (χ1v) is 9.50. The monoisotopic (exact) mass is 418 g/mol. The molecule has 2 amide bonds. The largest absolute Gasteiger partial charge is 0.380 e. The molecule has 0 saturated carbocycles. The van der Waals surface area contributed by atoms with Gasteiger partial charge in [0, 0.05) is 44.4 Å². The average Bonchev–Trinajstić information content (AvgIpc) is 3.22. The molecule has 0 aliphatic rings. The second kappa shape index (κ2) is 9.65. The molecule has 3 rings (SSSR count). The van der Waals surface area contributed by atoms with Gasteiger partial charge in [-0.3, -0.25) is 14.3 Å². The number of carbonyl (C=O) groups is 2. The molecule has 0 spiro atoms. The van der Waals surface area contributed by atoms with E-state index in [1.807, 2.05) is 0 Å². The lowest BCUT2D eigenvalue weighted by atomic mass is 10.1. The summed E-state index contributed by atoms with van der Waals surface area (Å²) in [4.78, 5) is 32.6. The van der Waals surface area contributed by atoms with E-state index in [4.69, 9.17) is 5.73 Å². The van der Waals surface area contributed by atoms with E-state index < -0.39 is 12.0 Å². The molecule has 0 aliphatic heterocycles. The zero-order valence-corrected chi connectivity index (χ0v) is 17.2. The zero-order valence-electron chi connectivity index (χ0n) is 17.2. The van der Waals surface area contributed by atoms with Gasteiger partial charge in [-0.2, -0.15) is 5.10 Å². The lowest BCUT2D eigenvalue weighted by Crippen LogP contribution is -2.21. The van der Waals surface area contributed by atoms with Crippen molar-refractivity contribution in [1.29, 1.82) is 0 Å². The first-order chi connectivity index (χ1) is 14.9. The van der Waals surface area contributed by atoms with Gasteiger partial charge in [-0.1, -0.05) is 24.0 Å². The fourth-order valence-corrected chi connectivity index (χ4v) is 2.74. The van der Waals surface area contributed by atoms with Crippen LogP contribution in [0.4, 0.5) is 0 Å². The predicted octanol–water partition coefficient (Wildman–Crippen LogP) is 0.834. The Morgan fingerprint density at radius 3 is 2.77 bits per heavy atom. The number of hydrogen-bond acceptors (Lipinski definition) is 6. The van der Waals surface area contributed by atoms with Crippen molar-refractivity contribution in [3.8, 4) is 34.6 Å². The number of amides is 2. The molecule has 2 heterocycles. The van der Waals surface area contributed by atoms with Crippen LogP contribution < -0.4 is 5.73 Å². The molecule has 9 nitrogen and oxygen atoms in total. The summed E-state index contributed by atoms with van der Waals surface area (Å²) in [5, 5.41) is 14.3. The van der Waals surface area contributed by atoms with E-state index in [0.29, 0.717) is 47.7 Å². The van der Waals surface area contributed by atoms with Crippen molar-refractivity contribution in [2.75, 3.05) is 13.6 Å². The minimum absolute atomic E-state index is 0.0804. The molecule has 158 valence electrons. The fraction of sp³-hybridized carbons (Fsp3) is 0.227. The number of carbonyl (C=O) groups excluding carboxylic acids is 2. The molecule has 3 aromatic rings. The van der Waals surface area contributed by atoms with E-state index in [9.17, 15) is 14.7 Å². The van der Waals surface area contributed by atoms with Crippen LogP contribution in [0.3, 0.4) is 0 Å². The molecule has 0 bridgehead atoms. The third kappa shape index (κ3) is 5.74. The minimum atomic E-state index is -0.865. The van der Waals surface area contributed by atoms with Gasteiger partial charge in [0.15, 0.2) is 5.82 Å². The Morgan fingerprint density at radius 1 is 1.29 bits per heavy atom. The number of nitrogens with two attached hydrogens (primary N) is 1. The summed E-state index contributed by atoms with van der Waals surface area (Å²) in [5.41, 5.74) is 7.89. The van der Waals surface area contributed by atoms with E-state index >= 15 is 0 Å². The lowest BCUT2D eigenvalue weighted by molar-refractivity contribution is -0.117. The van der Waals surface area contributed by atoms with Gasteiger partial charge in [-0.25, -0.2) is 9.97 Å². The molecule has 1 aromatic carbocycles. The number of hydrogen-bond donors (Lipinski definition) is 2. The Bertz CT molecular complexity index is 1160. The summed E-state index contributed by atoms with van der Waals surface area (Å²) in [7, 11) is 3.42. The number of aryl methyl sites for hydroxylation is 1. The maximum Gasteiger partial charge on any atom is 0.267 e. The average molecular weight is 418 g/mol. The van der Waals surface area contributed by atoms with Crippen LogP contribution in [-0.4, -0.2) is 61.8 Å². The quantitative estimate of drug-likeness (QED) is 0.432. The zero-order chi connectivity index (χ0) is 22.4. The molecular weight excluding hydrogens is 396 g/mol. The number of aliphatic hydroxyl groups is 1. The van der Waals surface area contributed by atoms with Crippen molar-refractivity contribution in [3.05, 3.63) is 53.9 Å². The number of rotatable bonds is 7. The molecule has 0 radical (unpaired) electrons. The van der Waals surface area contributed by atoms with Crippen molar-refractivity contribution in [2.24, 2.45) is 12.8 Å². The molecule has 0 aliphatic carbocycles. The van der Waals surface area contributed by atoms with Crippen molar-refractivity contribution in [1.82, 2.24) is 24.6 Å². The first kappa shape index (κ1) is 21.7. The van der Waals surface area contributed by atoms with Crippen molar-refractivity contribution in [2.45, 2.75) is 12.5 Å². The van der Waals surface area contributed by atoms with Crippen LogP contribution in [0.25, 0.3) is 22.8 Å². The smallest absolute Gasteiger partial charge is 0.267 e. The van der Waals surface area contributed by atoms with Crippen molar-refractivity contribution < 1.29 is 14.7 Å². The molecule has 31 heavy (non-hydrogen) atoms. The molecule has 3 N–H and O–H groups in total. The van der Waals surface area contributed by atoms with Crippen molar-refractivity contribution in [3.63, 3.8) is 0 Å². The topological polar surface area (TPSA) is 127 Å². The molecule has 0 unspecified atom stereocenters. The highest BCUT2D eigenvalue weighted by atomic mass is 16.3. The Morgan fingerprint density at radius 2 is 2.10 bits per heavy atom. The highest BCUT2D eigenvalue weighted by Gasteiger charge is 2.13. The molecule has 9 heteroatoms. The number of primary amides is 1. The maximum atomic E-state index is 11.8. The predicted molar refractivity (Wildman–Crippen MR) is 114 cm³/mol. The molecule has 0 fully saturated rings. The Kier molecular flexibility index (Phi) is 6.74. The van der Waals surface area contributed by atoms with Crippen LogP contribution in [0.2, 0.25) is 0 Å². The van der Waals surface area contributed by atoms with Crippen molar-refractivity contribution >= 4 is 12.3 Å². The Labute approximate surface area is 179 Å². The van der Waals surface area contributed by atoms with Gasteiger partial charge in [0.05, 0.1) is 5.69 Å². The normalized spacial score (nSPS) is 11.3. The van der Waals surface area contributed by atoms with Crippen LogP contribution in [0.5, 0.6) is 0 Å². The number of aromatic nitrogens is 4. The highest BCUT2D eigenvalue weighted by molar-refractivity contribution is 5.92. The summed E-state index contributed by atoms with van der Waals surface area (Å²) in [6.45, 7) is 0.406. The lowest BCUT2D eigenvalue weighted by Gasteiger charge is -2.10. The number of nitrogens with zero attached hydrogens (tertiary/aromatic N) is 5. The molecule has 0 saturated heterocycles. The van der Waals surface area contributed by atoms with E-state index in [0.717, 1.165) is 0 Å². The van der Waals surface area contributed by atoms with Gasteiger partial charge in [0.2, 0.25) is 6.41 Å². The van der Waals surface area contributed by atoms with Crippen LogP contribution in [0, 0.1) is 11.8 Å². The van der Waals surface area contributed by atoms with E-state index in [-0.39, 0.29) is 5.69 Å². The van der Waals surface area contributed by atoms with Gasteiger partial charge >= 0.3 is 0 Å². The fourth-order valence-electron chi connectivity index (χ4n) is 2.74. The molecular formula is C22H22N6O3. The van der Waals surface area contributed by atoms with Gasteiger partial charge in [-0.05, 0) is 24.3 Å². The number of aliphatic hydroxyl groups excluding tert-OH is 1. The summed E-state index contributed by atoms with van der Waals surface area (Å²) in [6, 6.07) is 10.4. The third-order valence-corrected chi connectivity index (χ3v) is 4.39. The van der Waals surface area contributed by atoms with Gasteiger partial charge in [0.1, 0.15) is 17.5 Å². The summed E-state index contributed by atoms with van der Waals surface area (Å²) in [6.07, 6.45) is 1.95. The van der Waals surface area contributed by atoms with E-state index in [2.05, 4.69) is 26.9 Å². The second-order valence-electron chi connectivity index (χ2n) is 6.94. The third-order valence-electron chi connectivity index (χ3n) is 4.39. The van der Waals surface area contributed by atoms with Crippen LogP contribution in [0.15, 0.2) is 42.6 Å². The van der Waals surface area contributed by atoms with Gasteiger partial charge in [-0.15, -0.1) is 0 Å². The second-order valence-corrected chi connectivity index (χ2v) is 6.94. The Balaban J connectivity index is 1.90. The molecule has 1 atom stereocenters. The maximum absolute atomic E-state index is 11.8. The highest BCUT2D eigenvalue weighted by Crippen LogP contribution is 2.22. The van der Waals surface area contributed by atoms with Gasteiger partial charge in [0.25, 0.3) is 5.91 Å². The summed E-state index contributed by atoms with van der Waals surface area (Å²) >= 11 is 0. The Hall–Kier alpha value is -4.03. The standard InChI is InChI=1S/C22H22N6O3/c1-27(14-29)10-8-17(30)7-6-15-4-3-5-16(12-15)22-24-19(13-20(25-22)21(23)31)18-9-11-28(2)26-18/h3-5,9,11-14,17,30H,8,10H2,1-2H3,(H2,23,31)/t17-/m0/s1. The summed E-state index contributed by atoms with van der Waals surface area (Å²) in [5.74, 6) is 5.32. The van der Waals surface area contributed by atoms with E-state index in [1.165, 1.54) is 11.0 Å². The SMILES string of the molecule is CN(C=O)CC[C@@H](O)C#Cc1cccc(-c2nc(C(N)=O)cc(-c3ccn(C)n3)n2)c1. The van der Waals surface area contributed by atoms with Crippen LogP contribution in [-0.2, 0) is 11.8 Å². The minimum Gasteiger partial charge on any atom is -0.380 e. The van der Waals surface area contributed by atoms with Gasteiger partial charge < -0.3 is 15.7 Å². The van der Waals surface area contributed by atoms with Crippen LogP contribution >= 0.6 is 0 Å².